The fraction of sp³-hybridized carbons (Fsp3) is 0.235. The third-order valence-corrected chi connectivity index (χ3v) is 3.62. The first-order valence-electron chi connectivity index (χ1n) is 6.83. The fourth-order valence-corrected chi connectivity index (χ4v) is 2.28. The van der Waals surface area contributed by atoms with Gasteiger partial charge in [0.2, 0.25) is 0 Å². The maximum atomic E-state index is 5.38. The average Bonchev–Trinajstić information content (AvgIpc) is 2.43. The highest BCUT2D eigenvalue weighted by atomic mass is 32.1. The summed E-state index contributed by atoms with van der Waals surface area (Å²) in [6, 6.07) is 14.5. The molecule has 0 atom stereocenters. The molecular formula is C17H20N2S. The summed E-state index contributed by atoms with van der Waals surface area (Å²) < 4.78 is 0. The van der Waals surface area contributed by atoms with E-state index in [9.17, 15) is 0 Å². The van der Waals surface area contributed by atoms with Crippen LogP contribution in [0.15, 0.2) is 42.5 Å². The molecule has 0 aromatic heterocycles. The number of anilines is 2. The molecule has 0 aliphatic carbocycles. The molecule has 0 bridgehead atoms. The Bertz CT molecular complexity index is 620. The van der Waals surface area contributed by atoms with Crippen LogP contribution in [-0.2, 0) is 6.42 Å². The second-order valence-electron chi connectivity index (χ2n) is 4.89. The predicted octanol–water partition coefficient (Wildman–Crippen LogP) is 4.67. The second-order valence-corrected chi connectivity index (χ2v) is 5.30. The lowest BCUT2D eigenvalue weighted by Crippen LogP contribution is -2.19. The van der Waals surface area contributed by atoms with Crippen molar-refractivity contribution in [3.63, 3.8) is 0 Å². The largest absolute Gasteiger partial charge is 0.332 e. The SMILES string of the molecule is CCc1ccccc1NC(=S)Nc1ccc(C)c(C)c1. The van der Waals surface area contributed by atoms with Crippen LogP contribution in [0.1, 0.15) is 23.6 Å². The van der Waals surface area contributed by atoms with Gasteiger partial charge >= 0.3 is 0 Å². The Labute approximate surface area is 126 Å². The van der Waals surface area contributed by atoms with Crippen molar-refractivity contribution in [1.29, 1.82) is 0 Å². The highest BCUT2D eigenvalue weighted by Crippen LogP contribution is 2.17. The third-order valence-electron chi connectivity index (χ3n) is 3.41. The van der Waals surface area contributed by atoms with Crippen LogP contribution in [0, 0.1) is 13.8 Å². The van der Waals surface area contributed by atoms with Gasteiger partial charge in [-0.25, -0.2) is 0 Å². The minimum absolute atomic E-state index is 0.620. The molecule has 0 saturated heterocycles. The maximum Gasteiger partial charge on any atom is 0.175 e. The first-order chi connectivity index (χ1) is 9.60. The van der Waals surface area contributed by atoms with E-state index < -0.39 is 0 Å². The number of hydrogen-bond donors (Lipinski definition) is 2. The Hall–Kier alpha value is -1.87. The Morgan fingerprint density at radius 3 is 2.45 bits per heavy atom. The van der Waals surface area contributed by atoms with Gasteiger partial charge in [-0.3, -0.25) is 0 Å². The molecular weight excluding hydrogens is 264 g/mol. The standard InChI is InChI=1S/C17H20N2S/c1-4-14-7-5-6-8-16(14)19-17(20)18-15-10-9-12(2)13(3)11-15/h5-11H,4H2,1-3H3,(H2,18,19,20). The van der Waals surface area contributed by atoms with Gasteiger partial charge in [0.25, 0.3) is 0 Å². The quantitative estimate of drug-likeness (QED) is 0.801. The zero-order valence-corrected chi connectivity index (χ0v) is 13.0. The number of benzene rings is 2. The third kappa shape index (κ3) is 3.58. The van der Waals surface area contributed by atoms with Gasteiger partial charge in [0, 0.05) is 11.4 Å². The highest BCUT2D eigenvalue weighted by Gasteiger charge is 2.03. The van der Waals surface area contributed by atoms with Crippen LogP contribution >= 0.6 is 12.2 Å². The summed E-state index contributed by atoms with van der Waals surface area (Å²) in [4.78, 5) is 0. The Morgan fingerprint density at radius 1 is 1.00 bits per heavy atom. The monoisotopic (exact) mass is 284 g/mol. The second kappa shape index (κ2) is 6.53. The van der Waals surface area contributed by atoms with E-state index in [2.05, 4.69) is 49.6 Å². The Kier molecular flexibility index (Phi) is 4.74. The minimum atomic E-state index is 0.620. The lowest BCUT2D eigenvalue weighted by Gasteiger charge is -2.14. The van der Waals surface area contributed by atoms with E-state index >= 15 is 0 Å². The summed E-state index contributed by atoms with van der Waals surface area (Å²) in [5, 5.41) is 7.11. The summed E-state index contributed by atoms with van der Waals surface area (Å²) in [5.41, 5.74) is 5.88. The molecule has 104 valence electrons. The minimum Gasteiger partial charge on any atom is -0.332 e. The van der Waals surface area contributed by atoms with Crippen LogP contribution in [0.25, 0.3) is 0 Å². The van der Waals surface area contributed by atoms with E-state index in [0.29, 0.717) is 5.11 Å². The van der Waals surface area contributed by atoms with Gasteiger partial charge in [-0.2, -0.15) is 0 Å². The van der Waals surface area contributed by atoms with Gasteiger partial charge in [-0.1, -0.05) is 31.2 Å². The number of aryl methyl sites for hydroxylation is 3. The molecule has 20 heavy (non-hydrogen) atoms. The van der Waals surface area contributed by atoms with Gasteiger partial charge in [-0.05, 0) is 67.4 Å². The van der Waals surface area contributed by atoms with Crippen molar-refractivity contribution in [2.45, 2.75) is 27.2 Å². The van der Waals surface area contributed by atoms with E-state index in [-0.39, 0.29) is 0 Å². The molecule has 2 aromatic rings. The molecule has 0 heterocycles. The van der Waals surface area contributed by atoms with E-state index in [0.717, 1.165) is 17.8 Å². The fourth-order valence-electron chi connectivity index (χ4n) is 2.05. The summed E-state index contributed by atoms with van der Waals surface area (Å²) >= 11 is 5.38. The highest BCUT2D eigenvalue weighted by molar-refractivity contribution is 7.80. The molecule has 0 saturated carbocycles. The van der Waals surface area contributed by atoms with Crippen molar-refractivity contribution >= 4 is 28.7 Å². The molecule has 2 rings (SSSR count). The molecule has 0 aliphatic heterocycles. The molecule has 0 aliphatic rings. The van der Waals surface area contributed by atoms with Crippen LogP contribution in [0.3, 0.4) is 0 Å². The van der Waals surface area contributed by atoms with Gasteiger partial charge in [-0.15, -0.1) is 0 Å². The van der Waals surface area contributed by atoms with Crippen LogP contribution in [0.2, 0.25) is 0 Å². The molecule has 0 amide bonds. The molecule has 0 unspecified atom stereocenters. The van der Waals surface area contributed by atoms with Crippen LogP contribution in [-0.4, -0.2) is 5.11 Å². The van der Waals surface area contributed by atoms with Crippen molar-refractivity contribution in [1.82, 2.24) is 0 Å². The number of rotatable bonds is 3. The molecule has 2 N–H and O–H groups in total. The van der Waals surface area contributed by atoms with E-state index in [1.807, 2.05) is 24.3 Å². The molecule has 0 spiro atoms. The molecule has 2 aromatic carbocycles. The first-order valence-corrected chi connectivity index (χ1v) is 7.24. The van der Waals surface area contributed by atoms with Crippen molar-refractivity contribution in [2.75, 3.05) is 10.6 Å². The van der Waals surface area contributed by atoms with Gasteiger partial charge in [0.1, 0.15) is 0 Å². The topological polar surface area (TPSA) is 24.1 Å². The summed E-state index contributed by atoms with van der Waals surface area (Å²) in [7, 11) is 0. The van der Waals surface area contributed by atoms with Crippen molar-refractivity contribution < 1.29 is 0 Å². The number of hydrogen-bond acceptors (Lipinski definition) is 1. The van der Waals surface area contributed by atoms with Crippen molar-refractivity contribution in [2.24, 2.45) is 0 Å². The van der Waals surface area contributed by atoms with E-state index in [1.165, 1.54) is 16.7 Å². The van der Waals surface area contributed by atoms with Gasteiger partial charge < -0.3 is 10.6 Å². The molecule has 2 nitrogen and oxygen atoms in total. The molecule has 3 heteroatoms. The molecule has 0 fully saturated rings. The van der Waals surface area contributed by atoms with Gasteiger partial charge in [0.05, 0.1) is 0 Å². The van der Waals surface area contributed by atoms with Crippen molar-refractivity contribution in [3.8, 4) is 0 Å². The predicted molar refractivity (Wildman–Crippen MR) is 91.6 cm³/mol. The van der Waals surface area contributed by atoms with Crippen molar-refractivity contribution in [3.05, 3.63) is 59.2 Å². The van der Waals surface area contributed by atoms with E-state index in [1.54, 1.807) is 0 Å². The first kappa shape index (κ1) is 14.5. The number of thiocarbonyl (C=S) groups is 1. The summed E-state index contributed by atoms with van der Waals surface area (Å²) in [6.45, 7) is 6.34. The molecule has 0 radical (unpaired) electrons. The van der Waals surface area contributed by atoms with Crippen LogP contribution in [0.4, 0.5) is 11.4 Å². The lowest BCUT2D eigenvalue weighted by molar-refractivity contribution is 1.14. The summed E-state index contributed by atoms with van der Waals surface area (Å²) in [6.07, 6.45) is 0.982. The average molecular weight is 284 g/mol. The lowest BCUT2D eigenvalue weighted by atomic mass is 10.1. The smallest absolute Gasteiger partial charge is 0.175 e. The van der Waals surface area contributed by atoms with Crippen LogP contribution in [0.5, 0.6) is 0 Å². The van der Waals surface area contributed by atoms with E-state index in [4.69, 9.17) is 12.2 Å². The zero-order valence-electron chi connectivity index (χ0n) is 12.2. The Morgan fingerprint density at radius 2 is 1.75 bits per heavy atom. The van der Waals surface area contributed by atoms with Crippen LogP contribution < -0.4 is 10.6 Å². The maximum absolute atomic E-state index is 5.38. The number of nitrogens with one attached hydrogen (secondary N) is 2. The number of para-hydroxylation sites is 1. The normalized spacial score (nSPS) is 10.2. The summed E-state index contributed by atoms with van der Waals surface area (Å²) in [5.74, 6) is 0. The Balaban J connectivity index is 2.07. The van der Waals surface area contributed by atoms with Gasteiger partial charge in [0.15, 0.2) is 5.11 Å². The zero-order chi connectivity index (χ0) is 14.5.